The molecule has 0 aromatic carbocycles. The Morgan fingerprint density at radius 2 is 2.23 bits per heavy atom. The van der Waals surface area contributed by atoms with E-state index in [0.717, 1.165) is 17.7 Å². The minimum atomic E-state index is 0.482. The van der Waals surface area contributed by atoms with Gasteiger partial charge in [-0.25, -0.2) is 0 Å². The number of allylic oxidation sites excluding steroid dienone is 4. The molecular formula is C10H15ClN2. The van der Waals surface area contributed by atoms with E-state index in [-0.39, 0.29) is 0 Å². The van der Waals surface area contributed by atoms with Gasteiger partial charge in [-0.3, -0.25) is 0 Å². The zero-order valence-corrected chi connectivity index (χ0v) is 8.86. The van der Waals surface area contributed by atoms with Gasteiger partial charge in [-0.15, -0.1) is 0 Å². The van der Waals surface area contributed by atoms with Crippen LogP contribution in [0.15, 0.2) is 41.0 Å². The van der Waals surface area contributed by atoms with Crippen molar-refractivity contribution < 1.29 is 0 Å². The third kappa shape index (κ3) is 3.95. The van der Waals surface area contributed by atoms with E-state index >= 15 is 0 Å². The molecule has 0 aliphatic carbocycles. The molecule has 0 bridgehead atoms. The van der Waals surface area contributed by atoms with Gasteiger partial charge in [0.2, 0.25) is 0 Å². The Morgan fingerprint density at radius 3 is 2.54 bits per heavy atom. The van der Waals surface area contributed by atoms with Gasteiger partial charge in [-0.2, -0.15) is 5.10 Å². The number of hydrazone groups is 1. The van der Waals surface area contributed by atoms with E-state index in [1.165, 1.54) is 0 Å². The highest BCUT2D eigenvalue weighted by atomic mass is 35.5. The molecule has 0 saturated carbocycles. The minimum Gasteiger partial charge on any atom is -0.313 e. The molecule has 0 unspecified atom stereocenters. The third-order valence-corrected chi connectivity index (χ3v) is 1.67. The van der Waals surface area contributed by atoms with Crippen molar-refractivity contribution in [2.24, 2.45) is 5.10 Å². The van der Waals surface area contributed by atoms with E-state index in [0.29, 0.717) is 5.03 Å². The Hall–Kier alpha value is -1.02. The van der Waals surface area contributed by atoms with Crippen LogP contribution in [-0.2, 0) is 0 Å². The summed E-state index contributed by atoms with van der Waals surface area (Å²) < 4.78 is 0. The van der Waals surface area contributed by atoms with E-state index in [2.05, 4.69) is 23.7 Å². The number of rotatable bonds is 5. The Bertz CT molecular complexity index is 252. The zero-order valence-electron chi connectivity index (χ0n) is 8.10. The molecule has 0 aliphatic heterocycles. The van der Waals surface area contributed by atoms with Crippen LogP contribution in [-0.4, -0.2) is 12.8 Å². The number of nitrogens with one attached hydrogen (secondary N) is 1. The summed E-state index contributed by atoms with van der Waals surface area (Å²) >= 11 is 5.81. The van der Waals surface area contributed by atoms with Crippen molar-refractivity contribution >= 4 is 17.3 Å². The summed E-state index contributed by atoms with van der Waals surface area (Å²) in [6.07, 6.45) is 4.27. The Kier molecular flexibility index (Phi) is 5.98. The van der Waals surface area contributed by atoms with Crippen LogP contribution in [0, 0.1) is 0 Å². The largest absolute Gasteiger partial charge is 0.313 e. The maximum absolute atomic E-state index is 5.81. The monoisotopic (exact) mass is 198 g/mol. The van der Waals surface area contributed by atoms with Crippen molar-refractivity contribution in [2.45, 2.75) is 13.3 Å². The molecule has 0 aromatic heterocycles. The highest BCUT2D eigenvalue weighted by Crippen LogP contribution is 2.15. The normalized spacial score (nSPS) is 12.5. The van der Waals surface area contributed by atoms with Gasteiger partial charge in [0.05, 0.1) is 5.71 Å². The summed E-state index contributed by atoms with van der Waals surface area (Å²) in [4.78, 5) is 0. The molecular weight excluding hydrogens is 184 g/mol. The molecule has 0 radical (unpaired) electrons. The Morgan fingerprint density at radius 1 is 1.62 bits per heavy atom. The lowest BCUT2D eigenvalue weighted by Gasteiger charge is -2.06. The zero-order chi connectivity index (χ0) is 10.3. The highest BCUT2D eigenvalue weighted by molar-refractivity contribution is 6.35. The van der Waals surface area contributed by atoms with Crippen LogP contribution in [0.2, 0.25) is 0 Å². The lowest BCUT2D eigenvalue weighted by Crippen LogP contribution is -2.07. The molecule has 2 nitrogen and oxygen atoms in total. The van der Waals surface area contributed by atoms with E-state index in [1.54, 1.807) is 19.2 Å². The average Bonchev–Trinajstić information content (AvgIpc) is 2.10. The van der Waals surface area contributed by atoms with Crippen LogP contribution in [0.25, 0.3) is 0 Å². The van der Waals surface area contributed by atoms with Crippen LogP contribution in [0.5, 0.6) is 0 Å². The smallest absolute Gasteiger partial charge is 0.0687 e. The standard InChI is InChI=1S/C10H15ClN2/c1-5-7-9(8(3)11)10(6-2)13-12-4/h5,7,12H,1,3,6H2,2,4H3/b9-7+,13-10+. The van der Waals surface area contributed by atoms with Crippen LogP contribution in [0.3, 0.4) is 0 Å². The van der Waals surface area contributed by atoms with Crippen molar-refractivity contribution in [2.75, 3.05) is 7.05 Å². The van der Waals surface area contributed by atoms with E-state index < -0.39 is 0 Å². The van der Waals surface area contributed by atoms with Gasteiger partial charge in [0.1, 0.15) is 0 Å². The summed E-state index contributed by atoms with van der Waals surface area (Å²) in [6.45, 7) is 9.28. The SMILES string of the molecule is C=C/C=C(C(=C)Cl)/C(CC)=N/NC. The molecule has 0 spiro atoms. The molecule has 13 heavy (non-hydrogen) atoms. The first-order valence-corrected chi connectivity index (χ1v) is 4.46. The summed E-state index contributed by atoms with van der Waals surface area (Å²) in [5.41, 5.74) is 4.43. The van der Waals surface area contributed by atoms with E-state index in [4.69, 9.17) is 11.6 Å². The molecule has 0 saturated heterocycles. The van der Waals surface area contributed by atoms with Crippen molar-refractivity contribution in [3.63, 3.8) is 0 Å². The molecule has 0 aliphatic rings. The second-order valence-electron chi connectivity index (χ2n) is 2.36. The minimum absolute atomic E-state index is 0.482. The molecule has 72 valence electrons. The van der Waals surface area contributed by atoms with Gasteiger partial charge in [0, 0.05) is 17.7 Å². The van der Waals surface area contributed by atoms with Crippen molar-refractivity contribution in [3.8, 4) is 0 Å². The number of hydrogen-bond donors (Lipinski definition) is 1. The molecule has 0 rings (SSSR count). The lowest BCUT2D eigenvalue weighted by molar-refractivity contribution is 0.892. The van der Waals surface area contributed by atoms with Gasteiger partial charge in [0.25, 0.3) is 0 Å². The maximum atomic E-state index is 5.81. The van der Waals surface area contributed by atoms with Crippen molar-refractivity contribution in [1.82, 2.24) is 5.43 Å². The first-order chi connectivity index (χ1) is 6.17. The third-order valence-electron chi connectivity index (χ3n) is 1.47. The van der Waals surface area contributed by atoms with Gasteiger partial charge >= 0.3 is 0 Å². The van der Waals surface area contributed by atoms with Gasteiger partial charge in [-0.05, 0) is 6.42 Å². The topological polar surface area (TPSA) is 24.4 Å². The second-order valence-corrected chi connectivity index (χ2v) is 2.81. The maximum Gasteiger partial charge on any atom is 0.0687 e. The van der Waals surface area contributed by atoms with Crippen molar-refractivity contribution in [3.05, 3.63) is 35.9 Å². The predicted octanol–water partition coefficient (Wildman–Crippen LogP) is 2.84. The molecule has 1 N–H and O–H groups in total. The van der Waals surface area contributed by atoms with Gasteiger partial charge in [0.15, 0.2) is 0 Å². The first-order valence-electron chi connectivity index (χ1n) is 4.08. The molecule has 3 heteroatoms. The van der Waals surface area contributed by atoms with Gasteiger partial charge in [-0.1, -0.05) is 43.8 Å². The van der Waals surface area contributed by atoms with Crippen LogP contribution < -0.4 is 5.43 Å². The van der Waals surface area contributed by atoms with E-state index in [1.807, 2.05) is 6.92 Å². The Labute approximate surface area is 84.7 Å². The number of hydrogen-bond acceptors (Lipinski definition) is 2. The number of halogens is 1. The summed E-state index contributed by atoms with van der Waals surface area (Å²) in [7, 11) is 1.75. The number of nitrogens with zero attached hydrogens (tertiary/aromatic N) is 1. The fourth-order valence-corrected chi connectivity index (χ4v) is 1.10. The molecule has 0 fully saturated rings. The Balaban J connectivity index is 4.91. The average molecular weight is 199 g/mol. The highest BCUT2D eigenvalue weighted by Gasteiger charge is 2.05. The van der Waals surface area contributed by atoms with Crippen LogP contribution in [0.1, 0.15) is 13.3 Å². The first kappa shape index (κ1) is 12.0. The van der Waals surface area contributed by atoms with E-state index in [9.17, 15) is 0 Å². The second kappa shape index (κ2) is 6.49. The van der Waals surface area contributed by atoms with Crippen LogP contribution in [0.4, 0.5) is 0 Å². The summed E-state index contributed by atoms with van der Waals surface area (Å²) in [5.74, 6) is 0. The molecule has 0 aromatic rings. The predicted molar refractivity (Wildman–Crippen MR) is 60.1 cm³/mol. The molecule has 0 heterocycles. The lowest BCUT2D eigenvalue weighted by atomic mass is 10.1. The fraction of sp³-hybridized carbons (Fsp3) is 0.300. The quantitative estimate of drug-likeness (QED) is 0.410. The summed E-state index contributed by atoms with van der Waals surface area (Å²) in [5, 5.41) is 4.57. The summed E-state index contributed by atoms with van der Waals surface area (Å²) in [6, 6.07) is 0. The molecule has 0 atom stereocenters. The van der Waals surface area contributed by atoms with Crippen LogP contribution >= 0.6 is 11.6 Å². The van der Waals surface area contributed by atoms with Crippen molar-refractivity contribution in [1.29, 1.82) is 0 Å². The fourth-order valence-electron chi connectivity index (χ4n) is 0.926. The molecule has 0 amide bonds. The van der Waals surface area contributed by atoms with Gasteiger partial charge < -0.3 is 5.43 Å².